The first-order valence-corrected chi connectivity index (χ1v) is 35.4. The second-order valence-electron chi connectivity index (χ2n) is 27.7. The number of rotatable bonds is 18. The Morgan fingerprint density at radius 3 is 1.03 bits per heavy atom. The van der Waals surface area contributed by atoms with E-state index in [1.807, 2.05) is 26.8 Å². The van der Waals surface area contributed by atoms with Crippen molar-refractivity contribution in [1.29, 1.82) is 5.26 Å². The number of nitriles is 1. The molecule has 3 aromatic carbocycles. The zero-order valence-corrected chi connectivity index (χ0v) is 60.4. The van der Waals surface area contributed by atoms with Gasteiger partial charge in [0.2, 0.25) is 5.91 Å². The molecule has 5 fully saturated rings. The molecule has 109 heavy (non-hydrogen) atoms. The van der Waals surface area contributed by atoms with Gasteiger partial charge in [0.05, 0.1) is 76.0 Å². The van der Waals surface area contributed by atoms with Crippen molar-refractivity contribution in [3.63, 3.8) is 0 Å². The lowest BCUT2D eigenvalue weighted by molar-refractivity contribution is -0.155. The summed E-state index contributed by atoms with van der Waals surface area (Å²) in [5.74, 6) is -3.53. The molecule has 3 amide bonds. The van der Waals surface area contributed by atoms with Crippen molar-refractivity contribution in [3.8, 4) is 6.07 Å². The van der Waals surface area contributed by atoms with Crippen LogP contribution in [-0.2, 0) is 14.4 Å². The Kier molecular flexibility index (Phi) is 22.5. The van der Waals surface area contributed by atoms with Gasteiger partial charge < -0.3 is 45.3 Å². The third kappa shape index (κ3) is 17.0. The molecule has 22 nitrogen and oxygen atoms in total. The number of anilines is 6. The van der Waals surface area contributed by atoms with Gasteiger partial charge in [0.1, 0.15) is 75.2 Å². The molecule has 5 aliphatic rings. The number of hydrogen-bond donors (Lipinski definition) is 3. The van der Waals surface area contributed by atoms with E-state index in [2.05, 4.69) is 66.9 Å². The van der Waals surface area contributed by atoms with Gasteiger partial charge in [0, 0.05) is 118 Å². The molecule has 0 unspecified atom stereocenters. The van der Waals surface area contributed by atoms with E-state index in [1.165, 1.54) is 36.4 Å². The van der Waals surface area contributed by atoms with E-state index >= 15 is 0 Å². The highest BCUT2D eigenvalue weighted by molar-refractivity contribution is 5.94. The summed E-state index contributed by atoms with van der Waals surface area (Å²) in [6.45, 7) is 15.5. The molecule has 14 rings (SSSR count). The fraction of sp³-hybridized carbons (Fsp3) is 0.427. The number of carbonyl (C=O) groups is 3. The number of pyridine rings is 3. The predicted octanol–water partition coefficient (Wildman–Crippen LogP) is 14.2. The highest BCUT2D eigenvalue weighted by Crippen LogP contribution is 2.47. The number of amides is 3. The van der Waals surface area contributed by atoms with Crippen LogP contribution in [0.25, 0.3) is 32.7 Å². The van der Waals surface area contributed by atoms with Crippen molar-refractivity contribution in [1.82, 2.24) is 59.6 Å². The number of piperazine rings is 3. The van der Waals surface area contributed by atoms with Crippen LogP contribution in [0.4, 0.5) is 87.6 Å². The largest absolute Gasteiger partial charge is 0.363 e. The normalized spacial score (nSPS) is 17.0. The highest BCUT2D eigenvalue weighted by atomic mass is 19.3. The van der Waals surface area contributed by atoms with Gasteiger partial charge in [-0.25, -0.2) is 88.8 Å². The third-order valence-electron chi connectivity index (χ3n) is 19.9. The molecule has 3 N–H and O–H groups in total. The number of nitrogens with zero attached hydrogens (tertiary/aromatic N) is 16. The summed E-state index contributed by atoms with van der Waals surface area (Å²) in [7, 11) is 0. The summed E-state index contributed by atoms with van der Waals surface area (Å²) in [6, 6.07) is 17.3. The maximum absolute atomic E-state index is 14.8. The topological polar surface area (TPSA) is 247 Å². The van der Waals surface area contributed by atoms with Gasteiger partial charge in [-0.05, 0) is 85.4 Å². The fourth-order valence-electron chi connectivity index (χ4n) is 13.4. The van der Waals surface area contributed by atoms with Crippen LogP contribution in [0.2, 0.25) is 0 Å². The quantitative estimate of drug-likeness (QED) is 0.0676. The predicted molar refractivity (Wildman–Crippen MR) is 384 cm³/mol. The summed E-state index contributed by atoms with van der Waals surface area (Å²) in [5, 5.41) is 20.6. The van der Waals surface area contributed by atoms with Crippen LogP contribution in [0.15, 0.2) is 91.4 Å². The van der Waals surface area contributed by atoms with Gasteiger partial charge in [-0.15, -0.1) is 0 Å². The second-order valence-corrected chi connectivity index (χ2v) is 27.7. The molecule has 3 aliphatic heterocycles. The highest BCUT2D eigenvalue weighted by Gasteiger charge is 2.54. The molecule has 34 heteroatoms. The molecule has 3 saturated heterocycles. The molecule has 9 heterocycles. The van der Waals surface area contributed by atoms with E-state index in [1.54, 1.807) is 76.0 Å². The summed E-state index contributed by atoms with van der Waals surface area (Å²) < 4.78 is 164. The molecule has 0 radical (unpaired) electrons. The lowest BCUT2D eigenvalue weighted by Crippen LogP contribution is -2.52. The molecule has 2 aliphatic carbocycles. The Bertz CT molecular complexity index is 4760. The van der Waals surface area contributed by atoms with E-state index in [4.69, 9.17) is 0 Å². The lowest BCUT2D eigenvalue weighted by Gasteiger charge is -2.36. The molecule has 6 aromatic heterocycles. The Morgan fingerprint density at radius 1 is 0.459 bits per heavy atom. The van der Waals surface area contributed by atoms with E-state index in [0.29, 0.717) is 183 Å². The lowest BCUT2D eigenvalue weighted by atomic mass is 10.0. The number of halogens is 12. The SMILES string of the molecule is Cc1nc(N[C@H](C)c2cccc(C(F)F)c2F)c2cc(N3CCN(C(=O)C(C)(F)F)CC3)ncc2n1.Cc1nc(N[C@H](C)c2cccc(C(F)F)c2F)c2cc(N3CCN(C(=O)C4(C#N)CC4)CC3)ncc2n1.Cc1nc(N[C@H](C)c2cccc(C(F)F)c2F)c2cc(N3CCN(C(=O)C4(F)CC4)CC3)ncc2n1. The van der Waals surface area contributed by atoms with E-state index < -0.39 is 100 Å². The summed E-state index contributed by atoms with van der Waals surface area (Å²) >= 11 is 0. The number of aryl methyl sites for hydroxylation is 3. The Morgan fingerprint density at radius 2 is 0.752 bits per heavy atom. The molecule has 0 bridgehead atoms. The van der Waals surface area contributed by atoms with Gasteiger partial charge in [-0.2, -0.15) is 14.0 Å². The monoisotopic (exact) mass is 1520 g/mol. The number of carbonyl (C=O) groups excluding carboxylic acids is 3. The fourth-order valence-corrected chi connectivity index (χ4v) is 13.4. The molecule has 0 spiro atoms. The standard InChI is InChI=1S/C26H26F3N7O.C25H26F4N6O.C24H25F5N6O/c1-15(17-4-3-5-18(22(17)27)23(28)29)32-24-19-12-21(31-13-20(19)33-16(2)34-24)35-8-10-36(11-9-35)25(37)26(14-30)6-7-26;1-14(16-4-3-5-17(21(16)26)22(27)28)31-23-18-12-20(30-13-19(18)32-15(2)33-23)34-8-10-35(11-9-34)24(36)25(29)6-7-25;1-13(15-5-4-6-16(20(15)25)21(26)27)31-22-17-11-19(30-12-18(17)32-14(2)33-22)34-7-9-35(10-8-34)23(36)24(3,28)29/h3-5,12-13,15,23H,6-11H2,1-2H3,(H,32,33,34);3-5,12-14,22H,6-11H2,1-2H3,(H,31,32,33);4-6,11-13,21H,7-10H2,1-3H3,(H,31,32,33)/t15-;14-;13-/m111/s1. The minimum atomic E-state index is -3.43. The van der Waals surface area contributed by atoms with Gasteiger partial charge in [0.25, 0.3) is 31.1 Å². The number of alkyl halides is 9. The summed E-state index contributed by atoms with van der Waals surface area (Å²) in [6.07, 6.45) is -2.12. The van der Waals surface area contributed by atoms with Gasteiger partial charge in [0.15, 0.2) is 5.67 Å². The first kappa shape index (κ1) is 77.6. The average Bonchev–Trinajstić information content (AvgIpc) is 1.66. The second kappa shape index (κ2) is 31.7. The van der Waals surface area contributed by atoms with Crippen molar-refractivity contribution >= 4 is 85.3 Å². The van der Waals surface area contributed by atoms with Crippen LogP contribution >= 0.6 is 0 Å². The van der Waals surface area contributed by atoms with Gasteiger partial charge >= 0.3 is 5.92 Å². The van der Waals surface area contributed by atoms with Crippen molar-refractivity contribution in [2.75, 3.05) is 109 Å². The van der Waals surface area contributed by atoms with Crippen LogP contribution in [0.3, 0.4) is 0 Å². The molecule has 3 atom stereocenters. The molecular formula is C75H77F12N19O3. The van der Waals surface area contributed by atoms with Gasteiger partial charge in [-0.1, -0.05) is 54.6 Å². The van der Waals surface area contributed by atoms with Crippen molar-refractivity contribution in [2.24, 2.45) is 5.41 Å². The maximum atomic E-state index is 14.8. The molecule has 2 saturated carbocycles. The Balaban J connectivity index is 0.000000152. The molecule has 574 valence electrons. The number of fused-ring (bicyclic) bond motifs is 3. The number of aromatic nitrogens is 9. The van der Waals surface area contributed by atoms with Crippen LogP contribution in [0.1, 0.15) is 142 Å². The van der Waals surface area contributed by atoms with Crippen LogP contribution in [0, 0.1) is 55.0 Å². The number of benzene rings is 3. The minimum Gasteiger partial charge on any atom is -0.363 e. The van der Waals surface area contributed by atoms with E-state index in [0.717, 1.165) is 23.1 Å². The number of hydrogen-bond acceptors (Lipinski definition) is 19. The minimum absolute atomic E-state index is 0.0695. The van der Waals surface area contributed by atoms with Crippen molar-refractivity contribution < 1.29 is 67.1 Å². The summed E-state index contributed by atoms with van der Waals surface area (Å²) in [5.41, 5.74) is -2.49. The van der Waals surface area contributed by atoms with Crippen molar-refractivity contribution in [3.05, 3.63) is 160 Å². The van der Waals surface area contributed by atoms with Crippen LogP contribution in [0.5, 0.6) is 0 Å². The van der Waals surface area contributed by atoms with E-state index in [-0.39, 0.29) is 35.7 Å². The van der Waals surface area contributed by atoms with Crippen molar-refractivity contribution in [2.45, 2.75) is 123 Å². The number of nitrogens with one attached hydrogen (secondary N) is 3. The van der Waals surface area contributed by atoms with Gasteiger partial charge in [-0.3, -0.25) is 14.4 Å². The Labute approximate surface area is 618 Å². The smallest absolute Gasteiger partial charge is 0.322 e. The third-order valence-corrected chi connectivity index (χ3v) is 19.9. The average molecular weight is 1520 g/mol. The molecular weight excluding hydrogens is 1440 g/mol. The van der Waals surface area contributed by atoms with Crippen LogP contribution < -0.4 is 30.7 Å². The van der Waals surface area contributed by atoms with Crippen LogP contribution in [-0.4, -0.2) is 167 Å². The first-order chi connectivity index (χ1) is 51.8. The maximum Gasteiger partial charge on any atom is 0.322 e. The zero-order chi connectivity index (χ0) is 78.1. The Hall–Kier alpha value is -11.0. The van der Waals surface area contributed by atoms with E-state index in [9.17, 15) is 72.3 Å². The molecule has 9 aromatic rings. The summed E-state index contributed by atoms with van der Waals surface area (Å²) in [4.78, 5) is 87.3. The first-order valence-electron chi connectivity index (χ1n) is 35.4. The zero-order valence-electron chi connectivity index (χ0n) is 60.4.